The smallest absolute Gasteiger partial charge is 0.101 e. The van der Waals surface area contributed by atoms with Crippen molar-refractivity contribution in [2.45, 2.75) is 45.7 Å². The van der Waals surface area contributed by atoms with Crippen LogP contribution in [-0.4, -0.2) is 12.7 Å². The van der Waals surface area contributed by atoms with Crippen molar-refractivity contribution >= 4 is 0 Å². The first kappa shape index (κ1) is 10.9. The minimum absolute atomic E-state index is 0.475. The normalized spacial score (nSPS) is 13.9. The third-order valence-corrected chi connectivity index (χ3v) is 1.78. The second kappa shape index (κ2) is 6.59. The Kier molecular flexibility index (Phi) is 6.52. The highest BCUT2D eigenvalue weighted by Crippen LogP contribution is 2.11. The Balaban J connectivity index is 3.10. The predicted octanol–water partition coefficient (Wildman–Crippen LogP) is 2.50. The average Bonchev–Trinajstić information content (AvgIpc) is 1.87. The van der Waals surface area contributed by atoms with Gasteiger partial charge in [-0.2, -0.15) is 0 Å². The molecule has 0 saturated carbocycles. The van der Waals surface area contributed by atoms with Gasteiger partial charge in [0, 0.05) is 0 Å². The molecule has 68 valence electrons. The van der Waals surface area contributed by atoms with Crippen LogP contribution < -0.4 is 5.73 Å². The molecule has 0 heterocycles. The minimum atomic E-state index is -0.668. The van der Waals surface area contributed by atoms with Crippen molar-refractivity contribution in [1.29, 1.82) is 0 Å². The molecule has 0 amide bonds. The molecule has 0 fully saturated rings. The summed E-state index contributed by atoms with van der Waals surface area (Å²) in [6.07, 6.45) is 2.68. The lowest BCUT2D eigenvalue weighted by Crippen LogP contribution is -2.09. The van der Waals surface area contributed by atoms with Crippen molar-refractivity contribution in [2.24, 2.45) is 11.7 Å². The number of halogens is 1. The number of alkyl halides is 1. The van der Waals surface area contributed by atoms with E-state index in [0.29, 0.717) is 25.3 Å². The van der Waals surface area contributed by atoms with Crippen LogP contribution in [0, 0.1) is 5.92 Å². The molecule has 1 unspecified atom stereocenters. The first-order valence-electron chi connectivity index (χ1n) is 4.51. The minimum Gasteiger partial charge on any atom is -0.330 e. The second-order valence-electron chi connectivity index (χ2n) is 3.50. The average molecular weight is 161 g/mol. The van der Waals surface area contributed by atoms with Crippen LogP contribution in [0.25, 0.3) is 0 Å². The van der Waals surface area contributed by atoms with Crippen LogP contribution in [0.2, 0.25) is 0 Å². The van der Waals surface area contributed by atoms with E-state index in [-0.39, 0.29) is 0 Å². The van der Waals surface area contributed by atoms with Gasteiger partial charge in [-0.15, -0.1) is 0 Å². The standard InChI is InChI=1S/C9H20FN/c1-8(2)4-3-5-9(10)6-7-11/h8-9H,3-7,11H2,1-2H3. The Bertz CT molecular complexity index is 83.6. The second-order valence-corrected chi connectivity index (χ2v) is 3.50. The van der Waals surface area contributed by atoms with Crippen molar-refractivity contribution < 1.29 is 4.39 Å². The highest BCUT2D eigenvalue weighted by atomic mass is 19.1. The topological polar surface area (TPSA) is 26.0 Å². The first-order valence-corrected chi connectivity index (χ1v) is 4.51. The van der Waals surface area contributed by atoms with Gasteiger partial charge in [0.25, 0.3) is 0 Å². The summed E-state index contributed by atoms with van der Waals surface area (Å²) in [6, 6.07) is 0. The molecule has 2 heteroatoms. The van der Waals surface area contributed by atoms with E-state index in [1.54, 1.807) is 0 Å². The Hall–Kier alpha value is -0.110. The monoisotopic (exact) mass is 161 g/mol. The number of nitrogens with two attached hydrogens (primary N) is 1. The van der Waals surface area contributed by atoms with Gasteiger partial charge in [-0.3, -0.25) is 0 Å². The van der Waals surface area contributed by atoms with Crippen LogP contribution in [0.3, 0.4) is 0 Å². The SMILES string of the molecule is CC(C)CCCC(F)CCN. The molecule has 0 radical (unpaired) electrons. The Morgan fingerprint density at radius 2 is 1.82 bits per heavy atom. The molecule has 1 atom stereocenters. The van der Waals surface area contributed by atoms with Gasteiger partial charge in [-0.1, -0.05) is 26.7 Å². The van der Waals surface area contributed by atoms with Crippen molar-refractivity contribution in [3.05, 3.63) is 0 Å². The van der Waals surface area contributed by atoms with E-state index in [1.807, 2.05) is 0 Å². The zero-order valence-corrected chi connectivity index (χ0v) is 7.65. The van der Waals surface area contributed by atoms with Crippen molar-refractivity contribution in [1.82, 2.24) is 0 Å². The molecule has 11 heavy (non-hydrogen) atoms. The molecule has 0 aliphatic heterocycles. The lowest BCUT2D eigenvalue weighted by molar-refractivity contribution is 0.287. The number of hydrogen-bond acceptors (Lipinski definition) is 1. The van der Waals surface area contributed by atoms with Gasteiger partial charge in [0.05, 0.1) is 0 Å². The Morgan fingerprint density at radius 1 is 1.18 bits per heavy atom. The van der Waals surface area contributed by atoms with E-state index >= 15 is 0 Å². The summed E-state index contributed by atoms with van der Waals surface area (Å²) >= 11 is 0. The van der Waals surface area contributed by atoms with Crippen LogP contribution in [0.15, 0.2) is 0 Å². The summed E-state index contributed by atoms with van der Waals surface area (Å²) in [4.78, 5) is 0. The zero-order valence-electron chi connectivity index (χ0n) is 7.65. The maximum absolute atomic E-state index is 12.8. The van der Waals surface area contributed by atoms with Gasteiger partial charge in [-0.25, -0.2) is 4.39 Å². The summed E-state index contributed by atoms with van der Waals surface area (Å²) < 4.78 is 12.8. The maximum atomic E-state index is 12.8. The molecule has 0 aromatic carbocycles. The third kappa shape index (κ3) is 7.79. The summed E-state index contributed by atoms with van der Waals surface area (Å²) in [6.45, 7) is 4.80. The fourth-order valence-corrected chi connectivity index (χ4v) is 1.07. The summed E-state index contributed by atoms with van der Waals surface area (Å²) in [5.41, 5.74) is 5.22. The fourth-order valence-electron chi connectivity index (χ4n) is 1.07. The molecule has 0 aromatic rings. The van der Waals surface area contributed by atoms with Crippen molar-refractivity contribution in [3.8, 4) is 0 Å². The molecule has 0 saturated heterocycles. The largest absolute Gasteiger partial charge is 0.330 e. The molecule has 0 aliphatic carbocycles. The lowest BCUT2D eigenvalue weighted by Gasteiger charge is -2.07. The van der Waals surface area contributed by atoms with E-state index < -0.39 is 6.17 Å². The molecule has 1 nitrogen and oxygen atoms in total. The molecular formula is C9H20FN. The number of rotatable bonds is 6. The molecule has 0 bridgehead atoms. The van der Waals surface area contributed by atoms with Crippen molar-refractivity contribution in [3.63, 3.8) is 0 Å². The van der Waals surface area contributed by atoms with Crippen LogP contribution in [0.1, 0.15) is 39.5 Å². The summed E-state index contributed by atoms with van der Waals surface area (Å²) in [5.74, 6) is 0.695. The van der Waals surface area contributed by atoms with E-state index in [4.69, 9.17) is 5.73 Å². The molecule has 0 aromatic heterocycles. The summed E-state index contributed by atoms with van der Waals surface area (Å²) in [7, 11) is 0. The maximum Gasteiger partial charge on any atom is 0.101 e. The van der Waals surface area contributed by atoms with Gasteiger partial charge in [-0.05, 0) is 25.3 Å². The van der Waals surface area contributed by atoms with Gasteiger partial charge >= 0.3 is 0 Å². The van der Waals surface area contributed by atoms with Crippen LogP contribution in [-0.2, 0) is 0 Å². The molecule has 0 rings (SSSR count). The van der Waals surface area contributed by atoms with Crippen LogP contribution in [0.4, 0.5) is 4.39 Å². The highest BCUT2D eigenvalue weighted by Gasteiger charge is 2.04. The van der Waals surface area contributed by atoms with Crippen molar-refractivity contribution in [2.75, 3.05) is 6.54 Å². The lowest BCUT2D eigenvalue weighted by atomic mass is 10.0. The molecular weight excluding hydrogens is 141 g/mol. The van der Waals surface area contributed by atoms with Gasteiger partial charge < -0.3 is 5.73 Å². The molecule has 2 N–H and O–H groups in total. The van der Waals surface area contributed by atoms with E-state index in [9.17, 15) is 4.39 Å². The van der Waals surface area contributed by atoms with Gasteiger partial charge in [0.15, 0.2) is 0 Å². The summed E-state index contributed by atoms with van der Waals surface area (Å²) in [5, 5.41) is 0. The Morgan fingerprint density at radius 3 is 2.27 bits per heavy atom. The van der Waals surface area contributed by atoms with E-state index in [0.717, 1.165) is 12.8 Å². The Labute approximate surface area is 69.2 Å². The third-order valence-electron chi connectivity index (χ3n) is 1.78. The van der Waals surface area contributed by atoms with E-state index in [1.165, 1.54) is 0 Å². The predicted molar refractivity (Wildman–Crippen MR) is 47.3 cm³/mol. The van der Waals surface area contributed by atoms with Crippen LogP contribution in [0.5, 0.6) is 0 Å². The van der Waals surface area contributed by atoms with Crippen LogP contribution >= 0.6 is 0 Å². The first-order chi connectivity index (χ1) is 5.16. The van der Waals surface area contributed by atoms with E-state index in [2.05, 4.69) is 13.8 Å². The zero-order chi connectivity index (χ0) is 8.69. The molecule has 0 aliphatic rings. The highest BCUT2D eigenvalue weighted by molar-refractivity contribution is 4.57. The quantitative estimate of drug-likeness (QED) is 0.636. The van der Waals surface area contributed by atoms with Gasteiger partial charge in [0.2, 0.25) is 0 Å². The molecule has 0 spiro atoms. The van der Waals surface area contributed by atoms with Gasteiger partial charge in [0.1, 0.15) is 6.17 Å². The fraction of sp³-hybridized carbons (Fsp3) is 1.00. The number of hydrogen-bond donors (Lipinski definition) is 1.